The minimum absolute atomic E-state index is 0.145. The summed E-state index contributed by atoms with van der Waals surface area (Å²) in [6, 6.07) is 4.97. The number of esters is 1. The number of nitrogens with one attached hydrogen (secondary N) is 2. The van der Waals surface area contributed by atoms with Crippen LogP contribution in [-0.2, 0) is 9.53 Å². The first kappa shape index (κ1) is 13.8. The van der Waals surface area contributed by atoms with E-state index in [1.54, 1.807) is 25.2 Å². The molecule has 0 bridgehead atoms. The van der Waals surface area contributed by atoms with Crippen LogP contribution in [0.4, 0.5) is 11.4 Å². The number of methoxy groups -OCH3 is 1. The number of hydrogen-bond acceptors (Lipinski definition) is 5. The smallest absolute Gasteiger partial charge is 0.307 e. The van der Waals surface area contributed by atoms with Gasteiger partial charge in [-0.2, -0.15) is 0 Å². The lowest BCUT2D eigenvalue weighted by Gasteiger charge is -2.08. The van der Waals surface area contributed by atoms with E-state index in [0.717, 1.165) is 5.69 Å². The van der Waals surface area contributed by atoms with Crippen molar-refractivity contribution in [2.45, 2.75) is 6.42 Å². The van der Waals surface area contributed by atoms with Crippen molar-refractivity contribution in [3.63, 3.8) is 0 Å². The lowest BCUT2D eigenvalue weighted by atomic mass is 10.1. The van der Waals surface area contributed by atoms with Gasteiger partial charge in [0.05, 0.1) is 24.9 Å². The third kappa shape index (κ3) is 3.65. The van der Waals surface area contributed by atoms with Crippen molar-refractivity contribution in [2.24, 2.45) is 0 Å². The van der Waals surface area contributed by atoms with E-state index in [2.05, 4.69) is 15.4 Å². The number of nitrogen functional groups attached to an aromatic ring is 1. The summed E-state index contributed by atoms with van der Waals surface area (Å²) in [4.78, 5) is 22.6. The minimum atomic E-state index is -0.361. The van der Waals surface area contributed by atoms with E-state index in [1.165, 1.54) is 7.11 Å². The van der Waals surface area contributed by atoms with Gasteiger partial charge in [-0.25, -0.2) is 0 Å². The zero-order chi connectivity index (χ0) is 13.5. The molecule has 0 aromatic heterocycles. The van der Waals surface area contributed by atoms with E-state index in [9.17, 15) is 9.59 Å². The lowest BCUT2D eigenvalue weighted by Crippen LogP contribution is -2.26. The van der Waals surface area contributed by atoms with E-state index in [4.69, 9.17) is 5.73 Å². The molecule has 0 atom stereocenters. The largest absolute Gasteiger partial charge is 0.469 e. The van der Waals surface area contributed by atoms with Gasteiger partial charge in [0, 0.05) is 19.2 Å². The Hall–Kier alpha value is -2.24. The topological polar surface area (TPSA) is 93.5 Å². The van der Waals surface area contributed by atoms with Crippen molar-refractivity contribution >= 4 is 23.3 Å². The number of rotatable bonds is 5. The molecule has 0 saturated carbocycles. The van der Waals surface area contributed by atoms with Crippen molar-refractivity contribution < 1.29 is 14.3 Å². The average Bonchev–Trinajstić information content (AvgIpc) is 2.38. The van der Waals surface area contributed by atoms with Crippen molar-refractivity contribution in [1.82, 2.24) is 5.32 Å². The standard InChI is InChI=1S/C12H17N3O3/c1-14-10-4-3-8(7-9(10)13)12(17)15-6-5-11(16)18-2/h3-4,7,14H,5-6,13H2,1-2H3,(H,15,17). The van der Waals surface area contributed by atoms with Gasteiger partial charge in [-0.1, -0.05) is 0 Å². The Bertz CT molecular complexity index is 446. The zero-order valence-corrected chi connectivity index (χ0v) is 10.4. The van der Waals surface area contributed by atoms with Gasteiger partial charge in [0.25, 0.3) is 5.91 Å². The van der Waals surface area contributed by atoms with Gasteiger partial charge in [-0.15, -0.1) is 0 Å². The lowest BCUT2D eigenvalue weighted by molar-refractivity contribution is -0.140. The van der Waals surface area contributed by atoms with Gasteiger partial charge in [0.15, 0.2) is 0 Å². The van der Waals surface area contributed by atoms with E-state index < -0.39 is 0 Å². The number of ether oxygens (including phenoxy) is 1. The van der Waals surface area contributed by atoms with Crippen LogP contribution < -0.4 is 16.4 Å². The molecule has 1 aromatic carbocycles. The fraction of sp³-hybridized carbons (Fsp3) is 0.333. The molecule has 0 aliphatic rings. The van der Waals surface area contributed by atoms with Crippen LogP contribution in [0.15, 0.2) is 18.2 Å². The first-order valence-corrected chi connectivity index (χ1v) is 5.50. The molecule has 0 saturated heterocycles. The van der Waals surface area contributed by atoms with Crippen LogP contribution in [0.3, 0.4) is 0 Å². The molecule has 6 heteroatoms. The summed E-state index contributed by atoms with van der Waals surface area (Å²) in [6.07, 6.45) is 0.145. The maximum absolute atomic E-state index is 11.7. The third-order valence-corrected chi connectivity index (χ3v) is 2.43. The summed E-state index contributed by atoms with van der Waals surface area (Å²) in [5.74, 6) is -0.631. The van der Waals surface area contributed by atoms with Crippen LogP contribution in [-0.4, -0.2) is 32.6 Å². The SMILES string of the molecule is CNc1ccc(C(=O)NCCC(=O)OC)cc1N. The predicted molar refractivity (Wildman–Crippen MR) is 69.4 cm³/mol. The zero-order valence-electron chi connectivity index (χ0n) is 10.4. The Morgan fingerprint density at radius 2 is 2.11 bits per heavy atom. The van der Waals surface area contributed by atoms with Crippen LogP contribution >= 0.6 is 0 Å². The van der Waals surface area contributed by atoms with Gasteiger partial charge < -0.3 is 21.1 Å². The molecular formula is C12H17N3O3. The molecule has 1 aromatic rings. The summed E-state index contributed by atoms with van der Waals surface area (Å²) >= 11 is 0. The predicted octanol–water partition coefficient (Wildman–Crippen LogP) is 0.603. The first-order chi connectivity index (χ1) is 8.58. The Labute approximate surface area is 105 Å². The van der Waals surface area contributed by atoms with Gasteiger partial charge in [-0.3, -0.25) is 9.59 Å². The highest BCUT2D eigenvalue weighted by atomic mass is 16.5. The molecule has 0 heterocycles. The molecule has 1 amide bonds. The Balaban J connectivity index is 2.56. The van der Waals surface area contributed by atoms with Crippen molar-refractivity contribution in [2.75, 3.05) is 31.8 Å². The highest BCUT2D eigenvalue weighted by Gasteiger charge is 2.08. The summed E-state index contributed by atoms with van der Waals surface area (Å²) in [6.45, 7) is 0.235. The molecule has 0 aliphatic heterocycles. The van der Waals surface area contributed by atoms with Crippen LogP contribution in [0.1, 0.15) is 16.8 Å². The number of nitrogens with two attached hydrogens (primary N) is 1. The molecule has 1 rings (SSSR count). The van der Waals surface area contributed by atoms with Crippen molar-refractivity contribution in [1.29, 1.82) is 0 Å². The average molecular weight is 251 g/mol. The van der Waals surface area contributed by atoms with Gasteiger partial charge in [0.2, 0.25) is 0 Å². The normalized spacial score (nSPS) is 9.67. The Morgan fingerprint density at radius 1 is 1.39 bits per heavy atom. The summed E-state index contributed by atoms with van der Waals surface area (Å²) < 4.78 is 4.47. The molecule has 0 aliphatic carbocycles. The van der Waals surface area contributed by atoms with Crippen LogP contribution in [0.25, 0.3) is 0 Å². The summed E-state index contributed by atoms with van der Waals surface area (Å²) in [7, 11) is 3.06. The van der Waals surface area contributed by atoms with Crippen LogP contribution in [0.2, 0.25) is 0 Å². The molecule has 0 radical (unpaired) electrons. The second-order valence-electron chi connectivity index (χ2n) is 3.63. The number of hydrogen-bond donors (Lipinski definition) is 3. The highest BCUT2D eigenvalue weighted by Crippen LogP contribution is 2.18. The van der Waals surface area contributed by atoms with Crippen LogP contribution in [0, 0.1) is 0 Å². The fourth-order valence-electron chi connectivity index (χ4n) is 1.41. The van der Waals surface area contributed by atoms with Gasteiger partial charge >= 0.3 is 5.97 Å². The fourth-order valence-corrected chi connectivity index (χ4v) is 1.41. The monoisotopic (exact) mass is 251 g/mol. The van der Waals surface area contributed by atoms with Gasteiger partial charge in [0.1, 0.15) is 0 Å². The van der Waals surface area contributed by atoms with E-state index in [1.807, 2.05) is 0 Å². The molecular weight excluding hydrogens is 234 g/mol. The maximum atomic E-state index is 11.7. The molecule has 18 heavy (non-hydrogen) atoms. The van der Waals surface area contributed by atoms with Crippen molar-refractivity contribution in [3.8, 4) is 0 Å². The van der Waals surface area contributed by atoms with E-state index in [-0.39, 0.29) is 24.8 Å². The molecule has 0 unspecified atom stereocenters. The Morgan fingerprint density at radius 3 is 2.67 bits per heavy atom. The number of carbonyl (C=O) groups excluding carboxylic acids is 2. The summed E-state index contributed by atoms with van der Waals surface area (Å²) in [5, 5.41) is 5.52. The molecule has 6 nitrogen and oxygen atoms in total. The summed E-state index contributed by atoms with van der Waals surface area (Å²) in [5.41, 5.74) is 7.47. The molecule has 98 valence electrons. The number of carbonyl (C=O) groups is 2. The molecule has 4 N–H and O–H groups in total. The quantitative estimate of drug-likeness (QED) is 0.526. The number of benzene rings is 1. The molecule has 0 fully saturated rings. The first-order valence-electron chi connectivity index (χ1n) is 5.50. The second kappa shape index (κ2) is 6.48. The third-order valence-electron chi connectivity index (χ3n) is 2.43. The maximum Gasteiger partial charge on any atom is 0.307 e. The van der Waals surface area contributed by atoms with Crippen molar-refractivity contribution in [3.05, 3.63) is 23.8 Å². The van der Waals surface area contributed by atoms with E-state index >= 15 is 0 Å². The molecule has 0 spiro atoms. The highest BCUT2D eigenvalue weighted by molar-refractivity contribution is 5.96. The van der Waals surface area contributed by atoms with E-state index in [0.29, 0.717) is 11.3 Å². The number of amides is 1. The van der Waals surface area contributed by atoms with Crippen LogP contribution in [0.5, 0.6) is 0 Å². The van der Waals surface area contributed by atoms with Gasteiger partial charge in [-0.05, 0) is 18.2 Å². The minimum Gasteiger partial charge on any atom is -0.469 e. The number of anilines is 2. The Kier molecular flexibility index (Phi) is 4.98. The second-order valence-corrected chi connectivity index (χ2v) is 3.63.